The van der Waals surface area contributed by atoms with Crippen molar-refractivity contribution in [2.45, 2.75) is 18.9 Å². The highest BCUT2D eigenvalue weighted by Gasteiger charge is 2.28. The maximum atomic E-state index is 11.2. The number of urea groups is 1. The standard InChI is InChI=1S/C10H17N3O3/c14-9-7-12-10(15)13(9)5-6-16-8-1-3-11-4-2-8/h8,11H,1-7H2,(H,12,15). The van der Waals surface area contributed by atoms with E-state index in [2.05, 4.69) is 10.6 Å². The lowest BCUT2D eigenvalue weighted by atomic mass is 10.1. The zero-order valence-corrected chi connectivity index (χ0v) is 9.20. The predicted octanol–water partition coefficient (Wildman–Crippen LogP) is -0.693. The Labute approximate surface area is 94.3 Å². The van der Waals surface area contributed by atoms with Gasteiger partial charge in [0.05, 0.1) is 25.8 Å². The predicted molar refractivity (Wildman–Crippen MR) is 57.0 cm³/mol. The Morgan fingerprint density at radius 1 is 1.31 bits per heavy atom. The van der Waals surface area contributed by atoms with Crippen LogP contribution in [0, 0.1) is 0 Å². The normalized spacial score (nSPS) is 22.6. The summed E-state index contributed by atoms with van der Waals surface area (Å²) in [6, 6.07) is -0.307. The van der Waals surface area contributed by atoms with Crippen LogP contribution in [0.25, 0.3) is 0 Å². The van der Waals surface area contributed by atoms with E-state index < -0.39 is 0 Å². The van der Waals surface area contributed by atoms with Gasteiger partial charge in [0, 0.05) is 0 Å². The van der Waals surface area contributed by atoms with Crippen molar-refractivity contribution in [3.05, 3.63) is 0 Å². The van der Waals surface area contributed by atoms with Gasteiger partial charge in [0.25, 0.3) is 0 Å². The largest absolute Gasteiger partial charge is 0.376 e. The molecule has 0 aromatic carbocycles. The van der Waals surface area contributed by atoms with Crippen LogP contribution >= 0.6 is 0 Å². The highest BCUT2D eigenvalue weighted by molar-refractivity contribution is 6.01. The van der Waals surface area contributed by atoms with Crippen LogP contribution in [0.5, 0.6) is 0 Å². The fourth-order valence-electron chi connectivity index (χ4n) is 1.95. The molecule has 3 amide bonds. The number of piperidine rings is 1. The lowest BCUT2D eigenvalue weighted by molar-refractivity contribution is -0.125. The summed E-state index contributed by atoms with van der Waals surface area (Å²) in [7, 11) is 0. The first kappa shape index (κ1) is 11.3. The van der Waals surface area contributed by atoms with Crippen molar-refractivity contribution in [3.63, 3.8) is 0 Å². The Hall–Kier alpha value is -1.14. The summed E-state index contributed by atoms with van der Waals surface area (Å²) >= 11 is 0. The molecule has 0 unspecified atom stereocenters. The molecule has 2 rings (SSSR count). The van der Waals surface area contributed by atoms with Crippen LogP contribution in [0.1, 0.15) is 12.8 Å². The maximum absolute atomic E-state index is 11.2. The van der Waals surface area contributed by atoms with Crippen LogP contribution in [0.3, 0.4) is 0 Å². The SMILES string of the molecule is O=C1CNC(=O)N1CCOC1CCNCC1. The van der Waals surface area contributed by atoms with Gasteiger partial charge in [0.2, 0.25) is 5.91 Å². The molecular weight excluding hydrogens is 210 g/mol. The fourth-order valence-corrected chi connectivity index (χ4v) is 1.95. The average molecular weight is 227 g/mol. The molecule has 2 aliphatic rings. The number of rotatable bonds is 4. The van der Waals surface area contributed by atoms with Crippen LogP contribution in [0.4, 0.5) is 4.79 Å². The van der Waals surface area contributed by atoms with Crippen molar-refractivity contribution in [3.8, 4) is 0 Å². The minimum absolute atomic E-state index is 0.117. The zero-order chi connectivity index (χ0) is 11.4. The van der Waals surface area contributed by atoms with Crippen LogP contribution in [-0.4, -0.2) is 55.7 Å². The molecule has 2 saturated heterocycles. The topological polar surface area (TPSA) is 70.7 Å². The summed E-state index contributed by atoms with van der Waals surface area (Å²) in [5.74, 6) is -0.168. The molecule has 2 heterocycles. The van der Waals surface area contributed by atoms with Gasteiger partial charge in [0.1, 0.15) is 0 Å². The first-order chi connectivity index (χ1) is 7.77. The van der Waals surface area contributed by atoms with Crippen LogP contribution < -0.4 is 10.6 Å². The second-order valence-electron chi connectivity index (χ2n) is 4.02. The molecule has 90 valence electrons. The monoisotopic (exact) mass is 227 g/mol. The van der Waals surface area contributed by atoms with Gasteiger partial charge in [0.15, 0.2) is 0 Å². The van der Waals surface area contributed by atoms with E-state index in [-0.39, 0.29) is 24.6 Å². The van der Waals surface area contributed by atoms with Gasteiger partial charge < -0.3 is 15.4 Å². The van der Waals surface area contributed by atoms with Gasteiger partial charge in [-0.2, -0.15) is 0 Å². The number of hydrogen-bond donors (Lipinski definition) is 2. The molecule has 2 N–H and O–H groups in total. The molecule has 0 aromatic heterocycles. The number of imide groups is 1. The quantitative estimate of drug-likeness (QED) is 0.623. The molecule has 0 bridgehead atoms. The molecule has 0 spiro atoms. The Balaban J connectivity index is 1.67. The van der Waals surface area contributed by atoms with E-state index in [1.807, 2.05) is 0 Å². The van der Waals surface area contributed by atoms with Gasteiger partial charge in [-0.05, 0) is 25.9 Å². The number of hydrogen-bond acceptors (Lipinski definition) is 4. The van der Waals surface area contributed by atoms with Crippen molar-refractivity contribution < 1.29 is 14.3 Å². The smallest absolute Gasteiger partial charge is 0.324 e. The highest BCUT2D eigenvalue weighted by Crippen LogP contribution is 2.07. The minimum Gasteiger partial charge on any atom is -0.376 e. The Bertz CT molecular complexity index is 260. The van der Waals surface area contributed by atoms with Crippen LogP contribution in [-0.2, 0) is 9.53 Å². The molecule has 6 heteroatoms. The van der Waals surface area contributed by atoms with E-state index in [9.17, 15) is 9.59 Å². The highest BCUT2D eigenvalue weighted by atomic mass is 16.5. The number of carbonyl (C=O) groups excluding carboxylic acids is 2. The van der Waals surface area contributed by atoms with Gasteiger partial charge >= 0.3 is 6.03 Å². The van der Waals surface area contributed by atoms with E-state index in [0.717, 1.165) is 25.9 Å². The lowest BCUT2D eigenvalue weighted by Crippen LogP contribution is -2.37. The summed E-state index contributed by atoms with van der Waals surface area (Å²) < 4.78 is 5.63. The van der Waals surface area contributed by atoms with Crippen molar-refractivity contribution in [2.75, 3.05) is 32.8 Å². The molecule has 2 aliphatic heterocycles. The van der Waals surface area contributed by atoms with Crippen LogP contribution in [0.15, 0.2) is 0 Å². The summed E-state index contributed by atoms with van der Waals surface area (Å²) in [4.78, 5) is 23.6. The third-order valence-corrected chi connectivity index (χ3v) is 2.89. The summed E-state index contributed by atoms with van der Waals surface area (Å²) in [5.41, 5.74) is 0. The Morgan fingerprint density at radius 2 is 2.06 bits per heavy atom. The van der Waals surface area contributed by atoms with E-state index in [0.29, 0.717) is 13.2 Å². The van der Waals surface area contributed by atoms with E-state index in [1.54, 1.807) is 0 Å². The average Bonchev–Trinajstić information content (AvgIpc) is 2.62. The van der Waals surface area contributed by atoms with Gasteiger partial charge in [-0.25, -0.2) is 4.79 Å². The molecule has 6 nitrogen and oxygen atoms in total. The van der Waals surface area contributed by atoms with E-state index in [1.165, 1.54) is 4.90 Å². The molecule has 0 aliphatic carbocycles. The number of nitrogens with one attached hydrogen (secondary N) is 2. The van der Waals surface area contributed by atoms with Crippen molar-refractivity contribution in [1.82, 2.24) is 15.5 Å². The second-order valence-corrected chi connectivity index (χ2v) is 4.02. The maximum Gasteiger partial charge on any atom is 0.324 e. The van der Waals surface area contributed by atoms with Crippen molar-refractivity contribution in [1.29, 1.82) is 0 Å². The molecule has 0 aromatic rings. The number of carbonyl (C=O) groups is 2. The lowest BCUT2D eigenvalue weighted by Gasteiger charge is -2.23. The zero-order valence-electron chi connectivity index (χ0n) is 9.20. The van der Waals surface area contributed by atoms with E-state index in [4.69, 9.17) is 4.74 Å². The third kappa shape index (κ3) is 2.70. The molecule has 16 heavy (non-hydrogen) atoms. The molecule has 0 saturated carbocycles. The number of amides is 3. The molecule has 0 radical (unpaired) electrons. The fraction of sp³-hybridized carbons (Fsp3) is 0.800. The Kier molecular flexibility index (Phi) is 3.74. The van der Waals surface area contributed by atoms with Crippen molar-refractivity contribution in [2.24, 2.45) is 0 Å². The number of ether oxygens (including phenoxy) is 1. The third-order valence-electron chi connectivity index (χ3n) is 2.89. The summed E-state index contributed by atoms with van der Waals surface area (Å²) in [5, 5.41) is 5.73. The van der Waals surface area contributed by atoms with E-state index >= 15 is 0 Å². The van der Waals surface area contributed by atoms with Gasteiger partial charge in [-0.3, -0.25) is 9.69 Å². The second kappa shape index (κ2) is 5.27. The van der Waals surface area contributed by atoms with Crippen molar-refractivity contribution >= 4 is 11.9 Å². The molecule has 0 atom stereocenters. The summed E-state index contributed by atoms with van der Waals surface area (Å²) in [6.45, 7) is 2.87. The first-order valence-corrected chi connectivity index (χ1v) is 5.68. The summed E-state index contributed by atoms with van der Waals surface area (Å²) in [6.07, 6.45) is 2.27. The number of nitrogens with zero attached hydrogens (tertiary/aromatic N) is 1. The minimum atomic E-state index is -0.307. The van der Waals surface area contributed by atoms with Crippen LogP contribution in [0.2, 0.25) is 0 Å². The first-order valence-electron chi connectivity index (χ1n) is 5.68. The Morgan fingerprint density at radius 3 is 2.69 bits per heavy atom. The molecule has 2 fully saturated rings. The van der Waals surface area contributed by atoms with Gasteiger partial charge in [-0.15, -0.1) is 0 Å². The molecular formula is C10H17N3O3. The van der Waals surface area contributed by atoms with Gasteiger partial charge in [-0.1, -0.05) is 0 Å².